The zero-order valence-electron chi connectivity index (χ0n) is 12.1. The Labute approximate surface area is 122 Å². The molecule has 0 fully saturated rings. The fourth-order valence-electron chi connectivity index (χ4n) is 1.85. The van der Waals surface area contributed by atoms with Crippen molar-refractivity contribution < 1.29 is 18.7 Å². The van der Waals surface area contributed by atoms with E-state index in [4.69, 9.17) is 14.9 Å². The lowest BCUT2D eigenvalue weighted by molar-refractivity contribution is -0.128. The van der Waals surface area contributed by atoms with Gasteiger partial charge in [-0.2, -0.15) is 0 Å². The molecule has 2 N–H and O–H groups in total. The second-order valence-electron chi connectivity index (χ2n) is 4.94. The fourth-order valence-corrected chi connectivity index (χ4v) is 1.85. The summed E-state index contributed by atoms with van der Waals surface area (Å²) in [6.45, 7) is 0.178. The zero-order valence-corrected chi connectivity index (χ0v) is 12.1. The van der Waals surface area contributed by atoms with Gasteiger partial charge in [0.15, 0.2) is 0 Å². The number of nitrogens with zero attached hydrogens (tertiary/aromatic N) is 1. The smallest absolute Gasteiger partial charge is 0.374 e. The van der Waals surface area contributed by atoms with Crippen LogP contribution in [0, 0.1) is 0 Å². The standard InChI is InChI=1S/C15H18N2O4/c1-17(2)14(18)4-3-7-20-15(19)13-9-10-8-11(16)5-6-12(10)21-13/h5-6,8-9H,3-4,7,16H2,1-2H3. The maximum atomic E-state index is 11.8. The molecule has 0 spiro atoms. The van der Waals surface area contributed by atoms with Crippen LogP contribution in [0.15, 0.2) is 28.7 Å². The Bertz CT molecular complexity index is 661. The minimum Gasteiger partial charge on any atom is -0.460 e. The fraction of sp³-hybridized carbons (Fsp3) is 0.333. The molecule has 6 heteroatoms. The lowest BCUT2D eigenvalue weighted by atomic mass is 10.2. The molecule has 2 aromatic rings. The van der Waals surface area contributed by atoms with Gasteiger partial charge in [-0.3, -0.25) is 4.79 Å². The summed E-state index contributed by atoms with van der Waals surface area (Å²) in [6, 6.07) is 6.73. The van der Waals surface area contributed by atoms with Crippen LogP contribution in [0.5, 0.6) is 0 Å². The van der Waals surface area contributed by atoms with E-state index in [1.165, 1.54) is 4.90 Å². The first-order chi connectivity index (χ1) is 9.97. The molecule has 0 saturated carbocycles. The van der Waals surface area contributed by atoms with E-state index in [0.717, 1.165) is 5.39 Å². The van der Waals surface area contributed by atoms with Crippen molar-refractivity contribution in [3.05, 3.63) is 30.0 Å². The van der Waals surface area contributed by atoms with Crippen LogP contribution in [0.2, 0.25) is 0 Å². The quantitative estimate of drug-likeness (QED) is 0.517. The summed E-state index contributed by atoms with van der Waals surface area (Å²) >= 11 is 0. The first kappa shape index (κ1) is 14.9. The topological polar surface area (TPSA) is 85.8 Å². The Kier molecular flexibility index (Phi) is 4.47. The van der Waals surface area contributed by atoms with Gasteiger partial charge in [0.05, 0.1) is 6.61 Å². The van der Waals surface area contributed by atoms with Gasteiger partial charge in [-0.05, 0) is 30.7 Å². The van der Waals surface area contributed by atoms with Gasteiger partial charge in [0.25, 0.3) is 0 Å². The van der Waals surface area contributed by atoms with Gasteiger partial charge in [-0.25, -0.2) is 4.79 Å². The average Bonchev–Trinajstić information content (AvgIpc) is 2.85. The van der Waals surface area contributed by atoms with Crippen molar-refractivity contribution >= 4 is 28.5 Å². The number of anilines is 1. The third-order valence-corrected chi connectivity index (χ3v) is 3.01. The molecule has 0 aliphatic rings. The Morgan fingerprint density at radius 1 is 1.29 bits per heavy atom. The van der Waals surface area contributed by atoms with E-state index in [2.05, 4.69) is 0 Å². The summed E-state index contributed by atoms with van der Waals surface area (Å²) in [5, 5.41) is 0.754. The van der Waals surface area contributed by atoms with Crippen LogP contribution in [-0.2, 0) is 9.53 Å². The molecule has 0 bridgehead atoms. The number of ether oxygens (including phenoxy) is 1. The number of fused-ring (bicyclic) bond motifs is 1. The monoisotopic (exact) mass is 290 g/mol. The lowest BCUT2D eigenvalue weighted by Crippen LogP contribution is -2.21. The first-order valence-electron chi connectivity index (χ1n) is 6.63. The number of amides is 1. The van der Waals surface area contributed by atoms with E-state index in [0.29, 0.717) is 24.1 Å². The number of furan rings is 1. The maximum absolute atomic E-state index is 11.8. The summed E-state index contributed by atoms with van der Waals surface area (Å²) in [5.41, 5.74) is 6.85. The van der Waals surface area contributed by atoms with Gasteiger partial charge >= 0.3 is 5.97 Å². The van der Waals surface area contributed by atoms with Crippen molar-refractivity contribution in [2.45, 2.75) is 12.8 Å². The summed E-state index contributed by atoms with van der Waals surface area (Å²) in [4.78, 5) is 24.7. The molecule has 1 aromatic heterocycles. The number of carbonyl (C=O) groups is 2. The second-order valence-corrected chi connectivity index (χ2v) is 4.94. The zero-order chi connectivity index (χ0) is 15.4. The molecule has 0 aliphatic heterocycles. The van der Waals surface area contributed by atoms with Gasteiger partial charge in [0.1, 0.15) is 5.58 Å². The van der Waals surface area contributed by atoms with Crippen molar-refractivity contribution in [1.29, 1.82) is 0 Å². The molecule has 112 valence electrons. The minimum atomic E-state index is -0.540. The minimum absolute atomic E-state index is 0.00487. The Morgan fingerprint density at radius 3 is 2.76 bits per heavy atom. The lowest BCUT2D eigenvalue weighted by Gasteiger charge is -2.09. The van der Waals surface area contributed by atoms with Crippen LogP contribution in [0.4, 0.5) is 5.69 Å². The molecule has 1 amide bonds. The molecular weight excluding hydrogens is 272 g/mol. The van der Waals surface area contributed by atoms with Crippen LogP contribution in [-0.4, -0.2) is 37.5 Å². The number of hydrogen-bond donors (Lipinski definition) is 1. The highest BCUT2D eigenvalue weighted by Gasteiger charge is 2.14. The van der Waals surface area contributed by atoms with E-state index in [9.17, 15) is 9.59 Å². The van der Waals surface area contributed by atoms with Crippen LogP contribution >= 0.6 is 0 Å². The van der Waals surface area contributed by atoms with E-state index < -0.39 is 5.97 Å². The van der Waals surface area contributed by atoms with Crippen molar-refractivity contribution in [2.75, 3.05) is 26.4 Å². The van der Waals surface area contributed by atoms with E-state index in [-0.39, 0.29) is 18.3 Å². The Morgan fingerprint density at radius 2 is 2.05 bits per heavy atom. The molecule has 0 aliphatic carbocycles. The normalized spacial score (nSPS) is 10.6. The number of nitrogens with two attached hydrogens (primary N) is 1. The van der Waals surface area contributed by atoms with Gasteiger partial charge in [-0.15, -0.1) is 0 Å². The van der Waals surface area contributed by atoms with Crippen LogP contribution < -0.4 is 5.73 Å². The third kappa shape index (κ3) is 3.75. The largest absolute Gasteiger partial charge is 0.460 e. The molecule has 6 nitrogen and oxygen atoms in total. The first-order valence-corrected chi connectivity index (χ1v) is 6.63. The predicted molar refractivity (Wildman–Crippen MR) is 78.8 cm³/mol. The SMILES string of the molecule is CN(C)C(=O)CCCOC(=O)c1cc2cc(N)ccc2o1. The van der Waals surface area contributed by atoms with Gasteiger partial charge in [-0.1, -0.05) is 0 Å². The molecule has 0 unspecified atom stereocenters. The predicted octanol–water partition coefficient (Wildman–Crippen LogP) is 2.04. The molecule has 0 atom stereocenters. The highest BCUT2D eigenvalue weighted by molar-refractivity contribution is 5.93. The number of nitrogen functional groups attached to an aromatic ring is 1. The summed E-state index contributed by atoms with van der Waals surface area (Å²) in [7, 11) is 3.38. The van der Waals surface area contributed by atoms with Crippen molar-refractivity contribution in [1.82, 2.24) is 4.90 Å². The molecule has 0 saturated heterocycles. The van der Waals surface area contributed by atoms with Crippen molar-refractivity contribution in [3.8, 4) is 0 Å². The Balaban J connectivity index is 1.89. The molecular formula is C15H18N2O4. The highest BCUT2D eigenvalue weighted by Crippen LogP contribution is 2.22. The number of hydrogen-bond acceptors (Lipinski definition) is 5. The number of esters is 1. The summed E-state index contributed by atoms with van der Waals surface area (Å²) in [5.74, 6) is -0.401. The summed E-state index contributed by atoms with van der Waals surface area (Å²) < 4.78 is 10.5. The molecule has 0 radical (unpaired) electrons. The molecule has 21 heavy (non-hydrogen) atoms. The molecule has 1 heterocycles. The number of rotatable bonds is 5. The van der Waals surface area contributed by atoms with E-state index in [1.807, 2.05) is 0 Å². The van der Waals surface area contributed by atoms with Gasteiger partial charge in [0.2, 0.25) is 11.7 Å². The van der Waals surface area contributed by atoms with Crippen molar-refractivity contribution in [2.24, 2.45) is 0 Å². The van der Waals surface area contributed by atoms with Gasteiger partial charge in [0, 0.05) is 31.6 Å². The average molecular weight is 290 g/mol. The van der Waals surface area contributed by atoms with Crippen LogP contribution in [0.25, 0.3) is 11.0 Å². The maximum Gasteiger partial charge on any atom is 0.374 e. The number of carbonyl (C=O) groups excluding carboxylic acids is 2. The number of benzene rings is 1. The van der Waals surface area contributed by atoms with E-state index >= 15 is 0 Å². The van der Waals surface area contributed by atoms with Crippen LogP contribution in [0.1, 0.15) is 23.4 Å². The van der Waals surface area contributed by atoms with Crippen molar-refractivity contribution in [3.63, 3.8) is 0 Å². The van der Waals surface area contributed by atoms with E-state index in [1.54, 1.807) is 38.4 Å². The molecule has 2 rings (SSSR count). The second kappa shape index (κ2) is 6.30. The third-order valence-electron chi connectivity index (χ3n) is 3.01. The summed E-state index contributed by atoms with van der Waals surface area (Å²) in [6.07, 6.45) is 0.826. The highest BCUT2D eigenvalue weighted by atomic mass is 16.5. The molecule has 1 aromatic carbocycles. The Hall–Kier alpha value is -2.50. The van der Waals surface area contributed by atoms with Crippen LogP contribution in [0.3, 0.4) is 0 Å². The van der Waals surface area contributed by atoms with Gasteiger partial charge < -0.3 is 19.8 Å².